The Bertz CT molecular complexity index is 305. The lowest BCUT2D eigenvalue weighted by molar-refractivity contribution is -0.119. The third kappa shape index (κ3) is 20.5. The predicted octanol–water partition coefficient (Wildman–Crippen LogP) is 7.50. The van der Waals surface area contributed by atoms with Gasteiger partial charge in [0, 0.05) is 12.8 Å². The lowest BCUT2D eigenvalue weighted by Crippen LogP contribution is -2.24. The third-order valence-electron chi connectivity index (χ3n) is 5.46. The quantitative estimate of drug-likeness (QED) is 0.176. The van der Waals surface area contributed by atoms with Gasteiger partial charge in [0.15, 0.2) is 0 Å². The molecule has 162 valence electrons. The molecule has 0 aromatic carbocycles. The highest BCUT2D eigenvalue weighted by Gasteiger charge is 2.03. The number of thioether (sulfide) groups is 1. The van der Waals surface area contributed by atoms with E-state index in [0.717, 1.165) is 45.3 Å². The normalized spacial score (nSPS) is 11.4. The van der Waals surface area contributed by atoms with Gasteiger partial charge in [0.1, 0.15) is 5.78 Å². The van der Waals surface area contributed by atoms with Crippen LogP contribution in [0.1, 0.15) is 117 Å². The zero-order chi connectivity index (χ0) is 20.0. The molecular formula is C24H49NOS. The minimum atomic E-state index is 0.485. The van der Waals surface area contributed by atoms with Crippen molar-refractivity contribution in [3.05, 3.63) is 0 Å². The highest BCUT2D eigenvalue weighted by Crippen LogP contribution is 2.13. The van der Waals surface area contributed by atoms with Crippen molar-refractivity contribution in [1.29, 1.82) is 0 Å². The summed E-state index contributed by atoms with van der Waals surface area (Å²) < 4.78 is 0. The van der Waals surface area contributed by atoms with Crippen molar-refractivity contribution in [2.24, 2.45) is 0 Å². The topological polar surface area (TPSA) is 20.3 Å². The Hall–Kier alpha value is -0.0200. The molecule has 0 spiro atoms. The van der Waals surface area contributed by atoms with Crippen LogP contribution < -0.4 is 0 Å². The number of hydrogen-bond donors (Lipinski definition) is 0. The average Bonchev–Trinajstić information content (AvgIpc) is 2.68. The monoisotopic (exact) mass is 399 g/mol. The van der Waals surface area contributed by atoms with E-state index in [1.165, 1.54) is 82.1 Å². The van der Waals surface area contributed by atoms with Crippen molar-refractivity contribution in [2.75, 3.05) is 31.1 Å². The molecule has 0 fully saturated rings. The first-order chi connectivity index (χ1) is 13.2. The van der Waals surface area contributed by atoms with Crippen LogP contribution in [0.25, 0.3) is 0 Å². The number of ketones is 1. The molecule has 0 N–H and O–H groups in total. The van der Waals surface area contributed by atoms with Gasteiger partial charge in [-0.05, 0) is 63.2 Å². The van der Waals surface area contributed by atoms with Crippen molar-refractivity contribution < 1.29 is 4.79 Å². The SMILES string of the molecule is CCCCCCCCCCCSCCCCC(=O)CCCCN(CC)CC. The molecule has 2 nitrogen and oxygen atoms in total. The van der Waals surface area contributed by atoms with Gasteiger partial charge in [-0.3, -0.25) is 4.79 Å². The second-order valence-corrected chi connectivity index (χ2v) is 9.15. The zero-order valence-electron chi connectivity index (χ0n) is 18.9. The first kappa shape index (κ1) is 27.0. The zero-order valence-corrected chi connectivity index (χ0v) is 19.7. The summed E-state index contributed by atoms with van der Waals surface area (Å²) in [5, 5.41) is 0. The van der Waals surface area contributed by atoms with Crippen LogP contribution in [0, 0.1) is 0 Å². The highest BCUT2D eigenvalue weighted by molar-refractivity contribution is 7.99. The van der Waals surface area contributed by atoms with Gasteiger partial charge in [-0.15, -0.1) is 0 Å². The maximum absolute atomic E-state index is 11.9. The summed E-state index contributed by atoms with van der Waals surface area (Å²) in [6.07, 6.45) is 18.9. The van der Waals surface area contributed by atoms with E-state index in [1.807, 2.05) is 0 Å². The lowest BCUT2D eigenvalue weighted by atomic mass is 10.1. The summed E-state index contributed by atoms with van der Waals surface area (Å²) in [6.45, 7) is 10.1. The van der Waals surface area contributed by atoms with Gasteiger partial charge in [0.05, 0.1) is 0 Å². The first-order valence-electron chi connectivity index (χ1n) is 12.1. The predicted molar refractivity (Wildman–Crippen MR) is 125 cm³/mol. The van der Waals surface area contributed by atoms with E-state index in [0.29, 0.717) is 5.78 Å². The Labute approximate surface area is 175 Å². The number of carbonyl (C=O) groups excluding carboxylic acids is 1. The van der Waals surface area contributed by atoms with Crippen molar-refractivity contribution in [1.82, 2.24) is 4.90 Å². The van der Waals surface area contributed by atoms with Crippen LogP contribution in [0.4, 0.5) is 0 Å². The molecule has 0 amide bonds. The first-order valence-corrected chi connectivity index (χ1v) is 13.2. The molecule has 3 heteroatoms. The van der Waals surface area contributed by atoms with E-state index >= 15 is 0 Å². The number of Topliss-reactive ketones (excluding diaryl/α,β-unsaturated/α-hetero) is 1. The van der Waals surface area contributed by atoms with E-state index in [-0.39, 0.29) is 0 Å². The van der Waals surface area contributed by atoms with Crippen molar-refractivity contribution in [3.8, 4) is 0 Å². The molecule has 0 saturated carbocycles. The molecule has 0 bridgehead atoms. The van der Waals surface area contributed by atoms with Crippen LogP contribution in [0.2, 0.25) is 0 Å². The molecular weight excluding hydrogens is 350 g/mol. The van der Waals surface area contributed by atoms with Crippen molar-refractivity contribution in [2.45, 2.75) is 117 Å². The molecule has 0 aliphatic carbocycles. The fraction of sp³-hybridized carbons (Fsp3) is 0.958. The van der Waals surface area contributed by atoms with E-state index in [1.54, 1.807) is 0 Å². The molecule has 0 radical (unpaired) electrons. The Kier molecular flexibility index (Phi) is 22.3. The summed E-state index contributed by atoms with van der Waals surface area (Å²) in [4.78, 5) is 14.4. The van der Waals surface area contributed by atoms with Crippen LogP contribution in [0.5, 0.6) is 0 Å². The van der Waals surface area contributed by atoms with Gasteiger partial charge in [0.2, 0.25) is 0 Å². The Morgan fingerprint density at radius 1 is 0.630 bits per heavy atom. The van der Waals surface area contributed by atoms with Gasteiger partial charge in [-0.1, -0.05) is 72.1 Å². The van der Waals surface area contributed by atoms with Crippen LogP contribution in [-0.4, -0.2) is 41.8 Å². The van der Waals surface area contributed by atoms with Crippen molar-refractivity contribution >= 4 is 17.5 Å². The summed E-state index contributed by atoms with van der Waals surface area (Å²) >= 11 is 2.09. The summed E-state index contributed by atoms with van der Waals surface area (Å²) in [5.41, 5.74) is 0. The molecule has 0 aliphatic rings. The summed E-state index contributed by atoms with van der Waals surface area (Å²) in [7, 11) is 0. The van der Waals surface area contributed by atoms with Gasteiger partial charge in [-0.25, -0.2) is 0 Å². The van der Waals surface area contributed by atoms with Crippen LogP contribution >= 0.6 is 11.8 Å². The van der Waals surface area contributed by atoms with E-state index in [9.17, 15) is 4.79 Å². The largest absolute Gasteiger partial charge is 0.304 e. The molecule has 0 heterocycles. The number of nitrogens with zero attached hydrogens (tertiary/aromatic N) is 1. The molecule has 0 unspecified atom stereocenters. The summed E-state index contributed by atoms with van der Waals surface area (Å²) in [6, 6.07) is 0. The van der Waals surface area contributed by atoms with Crippen LogP contribution in [0.3, 0.4) is 0 Å². The molecule has 0 rings (SSSR count). The molecule has 0 aromatic heterocycles. The van der Waals surface area contributed by atoms with Crippen LogP contribution in [-0.2, 0) is 4.79 Å². The minimum absolute atomic E-state index is 0.485. The molecule has 27 heavy (non-hydrogen) atoms. The average molecular weight is 400 g/mol. The standard InChI is InChI=1S/C24H49NOS/c1-4-7-8-9-10-11-12-13-17-22-27-23-18-15-20-24(26)19-14-16-21-25(5-2)6-3/h4-23H2,1-3H3. The second-order valence-electron chi connectivity index (χ2n) is 7.92. The molecule has 0 aromatic rings. The minimum Gasteiger partial charge on any atom is -0.304 e. The van der Waals surface area contributed by atoms with E-state index in [4.69, 9.17) is 0 Å². The van der Waals surface area contributed by atoms with E-state index in [2.05, 4.69) is 37.4 Å². The van der Waals surface area contributed by atoms with Gasteiger partial charge in [-0.2, -0.15) is 11.8 Å². The van der Waals surface area contributed by atoms with Crippen molar-refractivity contribution in [3.63, 3.8) is 0 Å². The maximum atomic E-state index is 11.9. The number of unbranched alkanes of at least 4 members (excludes halogenated alkanes) is 10. The number of carbonyl (C=O) groups is 1. The Balaban J connectivity index is 3.20. The van der Waals surface area contributed by atoms with Crippen LogP contribution in [0.15, 0.2) is 0 Å². The molecule has 0 aliphatic heterocycles. The fourth-order valence-electron chi connectivity index (χ4n) is 3.47. The lowest BCUT2D eigenvalue weighted by Gasteiger charge is -2.17. The number of hydrogen-bond acceptors (Lipinski definition) is 3. The fourth-order valence-corrected chi connectivity index (χ4v) is 4.49. The second kappa shape index (κ2) is 22.3. The van der Waals surface area contributed by atoms with Gasteiger partial charge < -0.3 is 4.90 Å². The molecule has 0 atom stereocenters. The number of rotatable bonds is 22. The maximum Gasteiger partial charge on any atom is 0.132 e. The Morgan fingerprint density at radius 3 is 1.67 bits per heavy atom. The highest BCUT2D eigenvalue weighted by atomic mass is 32.2. The van der Waals surface area contributed by atoms with Gasteiger partial charge in [0.25, 0.3) is 0 Å². The smallest absolute Gasteiger partial charge is 0.132 e. The molecule has 0 saturated heterocycles. The Morgan fingerprint density at radius 2 is 1.11 bits per heavy atom. The van der Waals surface area contributed by atoms with E-state index < -0.39 is 0 Å². The summed E-state index contributed by atoms with van der Waals surface area (Å²) in [5.74, 6) is 3.04. The third-order valence-corrected chi connectivity index (χ3v) is 6.62. The van der Waals surface area contributed by atoms with Gasteiger partial charge >= 0.3 is 0 Å².